The summed E-state index contributed by atoms with van der Waals surface area (Å²) in [6.07, 6.45) is 8.32. The second kappa shape index (κ2) is 8.52. The zero-order valence-electron chi connectivity index (χ0n) is 16.9. The number of ether oxygens (including phenoxy) is 1. The lowest BCUT2D eigenvalue weighted by atomic mass is 10.1. The lowest BCUT2D eigenvalue weighted by Gasteiger charge is -2.09. The standard InChI is InChI=1S/C22H24N4O4/c1-2-30-22(29)15-8-10-16(11-9-15)23-19(27)14-25-12-13-26-20(21(25)28)17-6-4-3-5-7-18(17)24-26/h8-13H,2-7,14H2,1H3,(H,23,27). The van der Waals surface area contributed by atoms with Crippen LogP contribution in [0.15, 0.2) is 41.5 Å². The molecule has 8 heteroatoms. The molecule has 1 aliphatic carbocycles. The van der Waals surface area contributed by atoms with Gasteiger partial charge in [-0.05, 0) is 56.9 Å². The Balaban J connectivity index is 1.50. The van der Waals surface area contributed by atoms with E-state index in [1.54, 1.807) is 48.1 Å². The number of amides is 1. The van der Waals surface area contributed by atoms with Crippen LogP contribution in [0.4, 0.5) is 5.69 Å². The molecule has 4 rings (SSSR count). The van der Waals surface area contributed by atoms with Crippen molar-refractivity contribution in [1.82, 2.24) is 14.2 Å². The van der Waals surface area contributed by atoms with E-state index in [1.807, 2.05) is 0 Å². The Kier molecular flexibility index (Phi) is 5.65. The van der Waals surface area contributed by atoms with E-state index in [0.29, 0.717) is 23.4 Å². The molecule has 0 saturated heterocycles. The number of rotatable bonds is 5. The molecule has 0 unspecified atom stereocenters. The highest BCUT2D eigenvalue weighted by atomic mass is 16.5. The summed E-state index contributed by atoms with van der Waals surface area (Å²) in [5, 5.41) is 7.32. The third-order valence-corrected chi connectivity index (χ3v) is 5.28. The van der Waals surface area contributed by atoms with Gasteiger partial charge in [0.1, 0.15) is 12.1 Å². The summed E-state index contributed by atoms with van der Waals surface area (Å²) in [5.41, 5.74) is 3.33. The molecule has 30 heavy (non-hydrogen) atoms. The van der Waals surface area contributed by atoms with Gasteiger partial charge in [-0.15, -0.1) is 0 Å². The van der Waals surface area contributed by atoms with E-state index in [0.717, 1.165) is 43.4 Å². The molecule has 2 heterocycles. The first kappa shape index (κ1) is 19.9. The van der Waals surface area contributed by atoms with E-state index in [2.05, 4.69) is 10.4 Å². The first-order valence-electron chi connectivity index (χ1n) is 10.2. The molecular formula is C22H24N4O4. The van der Waals surface area contributed by atoms with E-state index in [4.69, 9.17) is 4.74 Å². The van der Waals surface area contributed by atoms with Gasteiger partial charge in [0.05, 0.1) is 17.9 Å². The normalized spacial score (nSPS) is 13.5. The predicted octanol–water partition coefficient (Wildman–Crippen LogP) is 2.58. The summed E-state index contributed by atoms with van der Waals surface area (Å²) in [6.45, 7) is 1.94. The predicted molar refractivity (Wildman–Crippen MR) is 112 cm³/mol. The molecule has 0 radical (unpaired) electrons. The van der Waals surface area contributed by atoms with Crippen molar-refractivity contribution in [2.45, 2.75) is 45.6 Å². The lowest BCUT2D eigenvalue weighted by Crippen LogP contribution is -2.28. The molecule has 1 amide bonds. The van der Waals surface area contributed by atoms with Crippen LogP contribution < -0.4 is 10.9 Å². The molecule has 0 atom stereocenters. The van der Waals surface area contributed by atoms with Gasteiger partial charge in [-0.2, -0.15) is 5.10 Å². The van der Waals surface area contributed by atoms with Gasteiger partial charge >= 0.3 is 5.97 Å². The van der Waals surface area contributed by atoms with Crippen molar-refractivity contribution in [3.63, 3.8) is 0 Å². The topological polar surface area (TPSA) is 94.7 Å². The van der Waals surface area contributed by atoms with Crippen molar-refractivity contribution >= 4 is 23.1 Å². The van der Waals surface area contributed by atoms with Crippen molar-refractivity contribution in [1.29, 1.82) is 0 Å². The third-order valence-electron chi connectivity index (χ3n) is 5.28. The molecule has 0 bridgehead atoms. The second-order valence-electron chi connectivity index (χ2n) is 7.36. The zero-order valence-corrected chi connectivity index (χ0v) is 16.9. The molecule has 1 N–H and O–H groups in total. The number of anilines is 1. The summed E-state index contributed by atoms with van der Waals surface area (Å²) in [6, 6.07) is 6.45. The van der Waals surface area contributed by atoms with Crippen LogP contribution in [-0.4, -0.2) is 32.7 Å². The monoisotopic (exact) mass is 408 g/mol. The Labute approximate surface area is 173 Å². The number of hydrogen-bond donors (Lipinski definition) is 1. The van der Waals surface area contributed by atoms with Crippen molar-refractivity contribution in [3.8, 4) is 0 Å². The van der Waals surface area contributed by atoms with Crippen LogP contribution in [0, 0.1) is 0 Å². The largest absolute Gasteiger partial charge is 0.462 e. The van der Waals surface area contributed by atoms with E-state index < -0.39 is 5.97 Å². The highest BCUT2D eigenvalue weighted by Crippen LogP contribution is 2.22. The van der Waals surface area contributed by atoms with Crippen molar-refractivity contribution < 1.29 is 14.3 Å². The fourth-order valence-corrected chi connectivity index (χ4v) is 3.82. The number of nitrogens with zero attached hydrogens (tertiary/aromatic N) is 3. The minimum Gasteiger partial charge on any atom is -0.462 e. The molecule has 8 nitrogen and oxygen atoms in total. The van der Waals surface area contributed by atoms with Crippen LogP contribution in [-0.2, 0) is 28.9 Å². The minimum absolute atomic E-state index is 0.102. The van der Waals surface area contributed by atoms with Gasteiger partial charge in [0, 0.05) is 23.6 Å². The average Bonchev–Trinajstić information content (AvgIpc) is 2.93. The maximum Gasteiger partial charge on any atom is 0.338 e. The van der Waals surface area contributed by atoms with Gasteiger partial charge in [0.2, 0.25) is 5.91 Å². The molecule has 3 aromatic rings. The summed E-state index contributed by atoms with van der Waals surface area (Å²) in [5.74, 6) is -0.730. The number of aromatic nitrogens is 3. The number of fused-ring (bicyclic) bond motifs is 3. The van der Waals surface area contributed by atoms with Crippen LogP contribution in [0.1, 0.15) is 47.8 Å². The minimum atomic E-state index is -0.407. The third kappa shape index (κ3) is 3.98. The van der Waals surface area contributed by atoms with Gasteiger partial charge in [-0.3, -0.25) is 9.59 Å². The highest BCUT2D eigenvalue weighted by molar-refractivity contribution is 5.93. The molecule has 0 fully saturated rings. The van der Waals surface area contributed by atoms with Crippen LogP contribution in [0.3, 0.4) is 0 Å². The van der Waals surface area contributed by atoms with Crippen LogP contribution in [0.25, 0.3) is 5.52 Å². The number of benzene rings is 1. The van der Waals surface area contributed by atoms with Crippen LogP contribution >= 0.6 is 0 Å². The maximum absolute atomic E-state index is 13.0. The van der Waals surface area contributed by atoms with Gasteiger partial charge in [0.15, 0.2) is 0 Å². The van der Waals surface area contributed by atoms with Gasteiger partial charge in [-0.25, -0.2) is 9.31 Å². The number of carbonyl (C=O) groups is 2. The Hall–Kier alpha value is -3.42. The maximum atomic E-state index is 13.0. The summed E-state index contributed by atoms with van der Waals surface area (Å²) in [4.78, 5) is 37.2. The Morgan fingerprint density at radius 2 is 1.87 bits per heavy atom. The van der Waals surface area contributed by atoms with E-state index >= 15 is 0 Å². The molecule has 1 aliphatic rings. The van der Waals surface area contributed by atoms with E-state index in [-0.39, 0.29) is 18.0 Å². The van der Waals surface area contributed by atoms with Crippen LogP contribution in [0.5, 0.6) is 0 Å². The molecule has 1 aromatic carbocycles. The van der Waals surface area contributed by atoms with Crippen molar-refractivity contribution in [2.24, 2.45) is 0 Å². The smallest absolute Gasteiger partial charge is 0.338 e. The SMILES string of the molecule is CCOC(=O)c1ccc(NC(=O)Cn2ccn3nc4c(c3c2=O)CCCCC4)cc1. The Bertz CT molecular complexity index is 1140. The highest BCUT2D eigenvalue weighted by Gasteiger charge is 2.19. The molecule has 2 aromatic heterocycles. The average molecular weight is 408 g/mol. The Morgan fingerprint density at radius 1 is 1.10 bits per heavy atom. The van der Waals surface area contributed by atoms with Crippen molar-refractivity contribution in [2.75, 3.05) is 11.9 Å². The fraction of sp³-hybridized carbons (Fsp3) is 0.364. The summed E-state index contributed by atoms with van der Waals surface area (Å²) in [7, 11) is 0. The number of hydrogen-bond acceptors (Lipinski definition) is 5. The molecule has 0 aliphatic heterocycles. The first-order valence-corrected chi connectivity index (χ1v) is 10.2. The summed E-state index contributed by atoms with van der Waals surface area (Å²) < 4.78 is 7.99. The van der Waals surface area contributed by atoms with E-state index in [1.165, 1.54) is 4.57 Å². The first-order chi connectivity index (χ1) is 14.6. The van der Waals surface area contributed by atoms with Crippen molar-refractivity contribution in [3.05, 3.63) is 63.8 Å². The Morgan fingerprint density at radius 3 is 2.63 bits per heavy atom. The zero-order chi connectivity index (χ0) is 21.1. The van der Waals surface area contributed by atoms with Crippen LogP contribution in [0.2, 0.25) is 0 Å². The molecule has 0 saturated carbocycles. The number of carbonyl (C=O) groups excluding carboxylic acids is 2. The summed E-state index contributed by atoms with van der Waals surface area (Å²) >= 11 is 0. The molecule has 156 valence electrons. The number of aryl methyl sites for hydroxylation is 2. The van der Waals surface area contributed by atoms with Gasteiger partial charge in [-0.1, -0.05) is 6.42 Å². The second-order valence-corrected chi connectivity index (χ2v) is 7.36. The van der Waals surface area contributed by atoms with E-state index in [9.17, 15) is 14.4 Å². The number of esters is 1. The quantitative estimate of drug-likeness (QED) is 0.517. The van der Waals surface area contributed by atoms with Gasteiger partial charge < -0.3 is 14.6 Å². The lowest BCUT2D eigenvalue weighted by molar-refractivity contribution is -0.116. The van der Waals surface area contributed by atoms with Gasteiger partial charge in [0.25, 0.3) is 5.56 Å². The molecular weight excluding hydrogens is 384 g/mol. The fourth-order valence-electron chi connectivity index (χ4n) is 3.82. The molecule has 0 spiro atoms. The number of nitrogens with one attached hydrogen (secondary N) is 1.